The lowest BCUT2D eigenvalue weighted by Crippen LogP contribution is -2.37. The molecule has 186 valence electrons. The van der Waals surface area contributed by atoms with Crippen molar-refractivity contribution in [2.75, 3.05) is 44.4 Å². The van der Waals surface area contributed by atoms with E-state index in [1.165, 1.54) is 0 Å². The number of furan rings is 1. The lowest BCUT2D eigenvalue weighted by Gasteiger charge is -2.28. The van der Waals surface area contributed by atoms with Crippen LogP contribution in [0.4, 0.5) is 5.82 Å². The Bertz CT molecular complexity index is 1620. The Balaban J connectivity index is 1.28. The van der Waals surface area contributed by atoms with Gasteiger partial charge in [0.05, 0.1) is 37.7 Å². The zero-order valence-electron chi connectivity index (χ0n) is 20.4. The topological polar surface area (TPSA) is 92.5 Å². The van der Waals surface area contributed by atoms with Gasteiger partial charge in [-0.25, -0.2) is 15.0 Å². The van der Waals surface area contributed by atoms with Crippen LogP contribution in [0.5, 0.6) is 0 Å². The summed E-state index contributed by atoms with van der Waals surface area (Å²) in [6.07, 6.45) is 7.98. The minimum Gasteiger partial charge on any atom is -0.432 e. The van der Waals surface area contributed by atoms with E-state index in [1.54, 1.807) is 0 Å². The number of ether oxygens (including phenoxy) is 2. The van der Waals surface area contributed by atoms with Crippen LogP contribution in [0.25, 0.3) is 27.8 Å². The van der Waals surface area contributed by atoms with Gasteiger partial charge in [-0.1, -0.05) is 11.8 Å². The van der Waals surface area contributed by atoms with E-state index in [4.69, 9.17) is 28.8 Å². The van der Waals surface area contributed by atoms with Gasteiger partial charge in [0.25, 0.3) is 0 Å². The monoisotopic (exact) mass is 494 g/mol. The number of pyridine rings is 1. The second kappa shape index (κ2) is 8.42. The second-order valence-corrected chi connectivity index (χ2v) is 10.1. The van der Waals surface area contributed by atoms with E-state index in [9.17, 15) is 0 Å². The van der Waals surface area contributed by atoms with Crippen LogP contribution in [0.2, 0.25) is 0 Å². The first kappa shape index (κ1) is 21.4. The van der Waals surface area contributed by atoms with Gasteiger partial charge < -0.3 is 23.8 Å². The molecule has 3 aliphatic heterocycles. The van der Waals surface area contributed by atoms with Crippen molar-refractivity contribution in [3.05, 3.63) is 53.2 Å². The summed E-state index contributed by atoms with van der Waals surface area (Å²) in [5.74, 6) is 7.80. The number of nitrogens with zero attached hydrogens (tertiary/aromatic N) is 5. The van der Waals surface area contributed by atoms with Crippen LogP contribution in [-0.4, -0.2) is 76.4 Å². The highest BCUT2D eigenvalue weighted by atomic mass is 16.5. The molecule has 4 aliphatic rings. The molecule has 1 N–H and O–H groups in total. The molecule has 9 nitrogen and oxygen atoms in total. The predicted octanol–water partition coefficient (Wildman–Crippen LogP) is 2.90. The smallest absolute Gasteiger partial charge is 0.229 e. The first-order valence-electron chi connectivity index (χ1n) is 12.9. The number of H-pyrrole nitrogens is 1. The quantitative estimate of drug-likeness (QED) is 0.433. The van der Waals surface area contributed by atoms with E-state index in [0.29, 0.717) is 48.9 Å². The zero-order chi connectivity index (χ0) is 24.3. The Labute approximate surface area is 213 Å². The molecule has 0 spiro atoms. The van der Waals surface area contributed by atoms with Gasteiger partial charge in [0.2, 0.25) is 5.71 Å². The maximum atomic E-state index is 6.33. The Morgan fingerprint density at radius 3 is 3.00 bits per heavy atom. The van der Waals surface area contributed by atoms with Gasteiger partial charge in [0.1, 0.15) is 5.52 Å². The van der Waals surface area contributed by atoms with Crippen LogP contribution in [0, 0.1) is 11.8 Å². The minimum atomic E-state index is 0.372. The highest BCUT2D eigenvalue weighted by molar-refractivity contribution is 6.05. The number of morpholine rings is 2. The molecule has 0 radical (unpaired) electrons. The number of likely N-dealkylation sites (tertiary alicyclic amines) is 1. The molecule has 8 rings (SSSR count). The first-order chi connectivity index (χ1) is 18.3. The Morgan fingerprint density at radius 1 is 1.19 bits per heavy atom. The number of nitrogens with one attached hydrogen (secondary N) is 1. The van der Waals surface area contributed by atoms with Gasteiger partial charge >= 0.3 is 0 Å². The lowest BCUT2D eigenvalue weighted by atomic mass is 10.0. The number of hydrogen-bond acceptors (Lipinski definition) is 8. The molecule has 3 saturated heterocycles. The number of aromatic nitrogens is 4. The number of hydrogen-bond donors (Lipinski definition) is 1. The molecule has 2 bridgehead atoms. The SMILES string of the molecule is C1#CCc2[nH]ccc2C(c2nc(N3CCOCC3)c3oc4ncc(CN5C[C@@H]6C[C@H]5CO6)cc4c3n2)=C1. The third kappa shape index (κ3) is 3.55. The maximum absolute atomic E-state index is 6.33. The van der Waals surface area contributed by atoms with E-state index in [2.05, 4.69) is 38.8 Å². The van der Waals surface area contributed by atoms with Crippen molar-refractivity contribution < 1.29 is 13.9 Å². The number of fused-ring (bicyclic) bond motifs is 6. The Morgan fingerprint density at radius 2 is 2.14 bits per heavy atom. The van der Waals surface area contributed by atoms with Gasteiger partial charge in [0, 0.05) is 61.4 Å². The van der Waals surface area contributed by atoms with Gasteiger partial charge in [0.15, 0.2) is 17.2 Å². The summed E-state index contributed by atoms with van der Waals surface area (Å²) < 4.78 is 17.7. The Kier molecular flexibility index (Phi) is 4.86. The lowest BCUT2D eigenvalue weighted by molar-refractivity contribution is 0.0273. The summed E-state index contributed by atoms with van der Waals surface area (Å²) in [6, 6.07) is 4.75. The van der Waals surface area contributed by atoms with Crippen LogP contribution in [0.3, 0.4) is 0 Å². The zero-order valence-corrected chi connectivity index (χ0v) is 20.4. The molecule has 4 aromatic rings. The van der Waals surface area contributed by atoms with Crippen LogP contribution in [0.15, 0.2) is 35.0 Å². The van der Waals surface area contributed by atoms with Gasteiger partial charge in [-0.2, -0.15) is 0 Å². The van der Waals surface area contributed by atoms with E-state index in [0.717, 1.165) is 78.3 Å². The standard InChI is InChI=1S/C28H26N6O3/c1-2-4-23-20(5-6-29-23)21(3-1)26-31-24-22-11-17(14-34-15-19-12-18(34)16-36-19)13-30-28(22)37-25(24)27(32-26)33-7-9-35-10-8-33/h3,5-6,11,13,18-19,29H,4,7-10,12,14-16H2/t18-,19-/m0/s1. The average Bonchev–Trinajstić information content (AvgIpc) is 3.72. The molecule has 0 amide bonds. The number of allylic oxidation sites excluding steroid dienone is 1. The average molecular weight is 495 g/mol. The fourth-order valence-corrected chi connectivity index (χ4v) is 5.99. The van der Waals surface area contributed by atoms with Gasteiger partial charge in [-0.15, -0.1) is 0 Å². The largest absolute Gasteiger partial charge is 0.432 e. The van der Waals surface area contributed by atoms with Gasteiger partial charge in [-0.05, 0) is 30.2 Å². The molecule has 37 heavy (non-hydrogen) atoms. The summed E-state index contributed by atoms with van der Waals surface area (Å²) in [4.78, 5) is 22.9. The fourth-order valence-electron chi connectivity index (χ4n) is 5.99. The van der Waals surface area contributed by atoms with Crippen LogP contribution in [0.1, 0.15) is 29.1 Å². The summed E-state index contributed by atoms with van der Waals surface area (Å²) in [6.45, 7) is 5.46. The number of aromatic amines is 1. The molecule has 1 aliphatic carbocycles. The molecule has 4 aromatic heterocycles. The van der Waals surface area contributed by atoms with Crippen molar-refractivity contribution in [3.8, 4) is 11.8 Å². The van der Waals surface area contributed by atoms with Gasteiger partial charge in [-0.3, -0.25) is 4.90 Å². The highest BCUT2D eigenvalue weighted by Gasteiger charge is 2.38. The molecular weight excluding hydrogens is 468 g/mol. The molecule has 7 heterocycles. The highest BCUT2D eigenvalue weighted by Crippen LogP contribution is 2.36. The summed E-state index contributed by atoms with van der Waals surface area (Å²) in [7, 11) is 0. The fraction of sp³-hybridized carbons (Fsp3) is 0.393. The van der Waals surface area contributed by atoms with Crippen molar-refractivity contribution in [1.82, 2.24) is 24.8 Å². The van der Waals surface area contributed by atoms with Crippen molar-refractivity contribution >= 4 is 33.6 Å². The van der Waals surface area contributed by atoms with E-state index >= 15 is 0 Å². The summed E-state index contributed by atoms with van der Waals surface area (Å²) in [5, 5.41) is 0.917. The normalized spacial score (nSPS) is 23.2. The second-order valence-electron chi connectivity index (χ2n) is 10.1. The third-order valence-electron chi connectivity index (χ3n) is 7.87. The number of anilines is 1. The molecule has 2 atom stereocenters. The first-order valence-corrected chi connectivity index (χ1v) is 12.9. The molecule has 0 unspecified atom stereocenters. The predicted molar refractivity (Wildman–Crippen MR) is 138 cm³/mol. The molecule has 9 heteroatoms. The van der Waals surface area contributed by atoms with Crippen molar-refractivity contribution in [2.24, 2.45) is 0 Å². The molecule has 0 aromatic carbocycles. The van der Waals surface area contributed by atoms with E-state index in [1.807, 2.05) is 18.5 Å². The van der Waals surface area contributed by atoms with Crippen LogP contribution < -0.4 is 4.90 Å². The van der Waals surface area contributed by atoms with Crippen molar-refractivity contribution in [1.29, 1.82) is 0 Å². The Hall–Kier alpha value is -3.71. The minimum absolute atomic E-state index is 0.372. The van der Waals surface area contributed by atoms with Crippen LogP contribution >= 0.6 is 0 Å². The van der Waals surface area contributed by atoms with E-state index in [-0.39, 0.29) is 0 Å². The van der Waals surface area contributed by atoms with E-state index < -0.39 is 0 Å². The molecule has 3 fully saturated rings. The molecular formula is C28H26N6O3. The number of rotatable bonds is 4. The third-order valence-corrected chi connectivity index (χ3v) is 7.87. The van der Waals surface area contributed by atoms with Crippen molar-refractivity contribution in [2.45, 2.75) is 31.5 Å². The molecule has 0 saturated carbocycles. The van der Waals surface area contributed by atoms with Crippen molar-refractivity contribution in [3.63, 3.8) is 0 Å². The summed E-state index contributed by atoms with van der Waals surface area (Å²) >= 11 is 0. The van der Waals surface area contributed by atoms with Crippen LogP contribution in [-0.2, 0) is 22.4 Å². The summed E-state index contributed by atoms with van der Waals surface area (Å²) in [5.41, 5.74) is 6.28. The maximum Gasteiger partial charge on any atom is 0.229 e.